The molecule has 6 nitrogen and oxygen atoms in total. The molecule has 2 N–H and O–H groups in total. The van der Waals surface area contributed by atoms with E-state index in [-0.39, 0.29) is 23.8 Å². The Labute approximate surface area is 153 Å². The normalized spacial score (nSPS) is 10.2. The van der Waals surface area contributed by atoms with Gasteiger partial charge in [0.25, 0.3) is 5.91 Å². The lowest BCUT2D eigenvalue weighted by atomic mass is 10.2. The van der Waals surface area contributed by atoms with Gasteiger partial charge in [0.2, 0.25) is 0 Å². The van der Waals surface area contributed by atoms with Gasteiger partial charge in [-0.15, -0.1) is 0 Å². The Kier molecular flexibility index (Phi) is 6.82. The molecule has 0 fully saturated rings. The van der Waals surface area contributed by atoms with Crippen LogP contribution in [0.3, 0.4) is 0 Å². The van der Waals surface area contributed by atoms with Gasteiger partial charge in [-0.3, -0.25) is 4.79 Å². The molecule has 2 aromatic rings. The van der Waals surface area contributed by atoms with Crippen molar-refractivity contribution in [3.8, 4) is 11.5 Å². The van der Waals surface area contributed by atoms with Crippen LogP contribution < -0.4 is 14.8 Å². The van der Waals surface area contributed by atoms with Crippen LogP contribution in [0.5, 0.6) is 11.5 Å². The van der Waals surface area contributed by atoms with E-state index in [0.29, 0.717) is 23.4 Å². The number of nitrogens with one attached hydrogen (secondary N) is 1. The summed E-state index contributed by atoms with van der Waals surface area (Å²) in [5.41, 5.74) is 1.05. The smallest absolute Gasteiger partial charge is 0.336 e. The van der Waals surface area contributed by atoms with Crippen molar-refractivity contribution in [1.82, 2.24) is 5.32 Å². The number of carboxylic acid groups (broad SMARTS) is 1. The van der Waals surface area contributed by atoms with Crippen molar-refractivity contribution in [3.63, 3.8) is 0 Å². The van der Waals surface area contributed by atoms with Crippen LogP contribution in [0.25, 0.3) is 0 Å². The van der Waals surface area contributed by atoms with Gasteiger partial charge in [0, 0.05) is 11.0 Å². The van der Waals surface area contributed by atoms with Gasteiger partial charge in [0.1, 0.15) is 0 Å². The summed E-state index contributed by atoms with van der Waals surface area (Å²) < 4.78 is 11.2. The van der Waals surface area contributed by atoms with Crippen LogP contribution in [0, 0.1) is 0 Å². The van der Waals surface area contributed by atoms with E-state index in [1.807, 2.05) is 30.3 Å². The SMILES string of the molecule is CCOc1cc(C(=O)O)c(Br)cc1OCC(=O)NCc1ccccc1. The topological polar surface area (TPSA) is 84.9 Å². The Morgan fingerprint density at radius 1 is 1.12 bits per heavy atom. The molecule has 0 bridgehead atoms. The average molecular weight is 408 g/mol. The Hall–Kier alpha value is -2.54. The number of carboxylic acids is 1. The number of aromatic carboxylic acids is 1. The van der Waals surface area contributed by atoms with Crippen molar-refractivity contribution in [3.05, 3.63) is 58.1 Å². The molecule has 7 heteroatoms. The maximum absolute atomic E-state index is 11.9. The first-order chi connectivity index (χ1) is 12.0. The number of rotatable bonds is 8. The van der Waals surface area contributed by atoms with E-state index in [1.165, 1.54) is 12.1 Å². The monoisotopic (exact) mass is 407 g/mol. The molecule has 0 saturated heterocycles. The van der Waals surface area contributed by atoms with E-state index in [9.17, 15) is 9.59 Å². The second kappa shape index (κ2) is 9.08. The molecule has 0 spiro atoms. The molecule has 2 rings (SSSR count). The van der Waals surface area contributed by atoms with Crippen molar-refractivity contribution in [2.45, 2.75) is 13.5 Å². The van der Waals surface area contributed by atoms with Crippen LogP contribution >= 0.6 is 15.9 Å². The van der Waals surface area contributed by atoms with Gasteiger partial charge < -0.3 is 19.9 Å². The fourth-order valence-corrected chi connectivity index (χ4v) is 2.56. The van der Waals surface area contributed by atoms with Gasteiger partial charge in [-0.25, -0.2) is 4.79 Å². The fraction of sp³-hybridized carbons (Fsp3) is 0.222. The number of carbonyl (C=O) groups is 2. The molecule has 0 aliphatic rings. The lowest BCUT2D eigenvalue weighted by molar-refractivity contribution is -0.123. The van der Waals surface area contributed by atoms with Crippen LogP contribution in [0.1, 0.15) is 22.8 Å². The minimum atomic E-state index is -1.08. The first kappa shape index (κ1) is 18.8. The third-order valence-corrected chi connectivity index (χ3v) is 3.91. The second-order valence-corrected chi connectivity index (χ2v) is 5.92. The second-order valence-electron chi connectivity index (χ2n) is 5.07. The first-order valence-corrected chi connectivity index (χ1v) is 8.43. The quantitative estimate of drug-likeness (QED) is 0.701. The summed E-state index contributed by atoms with van der Waals surface area (Å²) in [4.78, 5) is 23.1. The van der Waals surface area contributed by atoms with Gasteiger partial charge in [0.15, 0.2) is 18.1 Å². The predicted molar refractivity (Wildman–Crippen MR) is 96.1 cm³/mol. The third-order valence-electron chi connectivity index (χ3n) is 3.25. The number of halogens is 1. The molecule has 0 heterocycles. The Morgan fingerprint density at radius 2 is 1.80 bits per heavy atom. The molecular weight excluding hydrogens is 390 g/mol. The average Bonchev–Trinajstić information content (AvgIpc) is 2.60. The maximum Gasteiger partial charge on any atom is 0.336 e. The molecule has 132 valence electrons. The zero-order chi connectivity index (χ0) is 18.2. The van der Waals surface area contributed by atoms with Crippen molar-refractivity contribution >= 4 is 27.8 Å². The summed E-state index contributed by atoms with van der Waals surface area (Å²) in [6, 6.07) is 12.4. The summed E-state index contributed by atoms with van der Waals surface area (Å²) in [5, 5.41) is 11.9. The molecule has 25 heavy (non-hydrogen) atoms. The Morgan fingerprint density at radius 3 is 2.44 bits per heavy atom. The van der Waals surface area contributed by atoms with Gasteiger partial charge in [-0.2, -0.15) is 0 Å². The van der Waals surface area contributed by atoms with Gasteiger partial charge in [-0.1, -0.05) is 30.3 Å². The number of benzene rings is 2. The van der Waals surface area contributed by atoms with E-state index in [2.05, 4.69) is 21.2 Å². The fourth-order valence-electron chi connectivity index (χ4n) is 2.07. The third kappa shape index (κ3) is 5.49. The zero-order valence-corrected chi connectivity index (χ0v) is 15.2. The lowest BCUT2D eigenvalue weighted by Crippen LogP contribution is -2.28. The molecule has 0 aliphatic carbocycles. The largest absolute Gasteiger partial charge is 0.490 e. The minimum absolute atomic E-state index is 0.0596. The Balaban J connectivity index is 2.00. The summed E-state index contributed by atoms with van der Waals surface area (Å²) in [6.45, 7) is 2.32. The summed E-state index contributed by atoms with van der Waals surface area (Å²) >= 11 is 3.18. The van der Waals surface area contributed by atoms with Gasteiger partial charge >= 0.3 is 5.97 Å². The highest BCUT2D eigenvalue weighted by atomic mass is 79.9. The molecule has 0 radical (unpaired) electrons. The van der Waals surface area contributed by atoms with Crippen LogP contribution in [0.15, 0.2) is 46.9 Å². The van der Waals surface area contributed by atoms with E-state index >= 15 is 0 Å². The highest BCUT2D eigenvalue weighted by Crippen LogP contribution is 2.33. The maximum atomic E-state index is 11.9. The molecule has 1 amide bonds. The molecule has 2 aromatic carbocycles. The van der Waals surface area contributed by atoms with Crippen molar-refractivity contribution < 1.29 is 24.2 Å². The van der Waals surface area contributed by atoms with E-state index in [0.717, 1.165) is 5.56 Å². The van der Waals surface area contributed by atoms with E-state index in [1.54, 1.807) is 6.92 Å². The van der Waals surface area contributed by atoms with Crippen molar-refractivity contribution in [1.29, 1.82) is 0 Å². The predicted octanol–water partition coefficient (Wildman–Crippen LogP) is 3.24. The highest BCUT2D eigenvalue weighted by Gasteiger charge is 2.16. The zero-order valence-electron chi connectivity index (χ0n) is 13.6. The van der Waals surface area contributed by atoms with Gasteiger partial charge in [0.05, 0.1) is 12.2 Å². The number of hydrogen-bond acceptors (Lipinski definition) is 4. The van der Waals surface area contributed by atoms with E-state index in [4.69, 9.17) is 14.6 Å². The van der Waals surface area contributed by atoms with Crippen LogP contribution in [-0.4, -0.2) is 30.2 Å². The molecule has 0 saturated carbocycles. The first-order valence-electron chi connectivity index (χ1n) is 7.64. The Bertz CT molecular complexity index is 749. The molecular formula is C18H18BrNO5. The van der Waals surface area contributed by atoms with Gasteiger partial charge in [-0.05, 0) is 40.5 Å². The number of amides is 1. The highest BCUT2D eigenvalue weighted by molar-refractivity contribution is 9.10. The van der Waals surface area contributed by atoms with Crippen LogP contribution in [0.2, 0.25) is 0 Å². The van der Waals surface area contributed by atoms with Crippen molar-refractivity contribution in [2.24, 2.45) is 0 Å². The minimum Gasteiger partial charge on any atom is -0.490 e. The number of hydrogen-bond donors (Lipinski definition) is 2. The van der Waals surface area contributed by atoms with E-state index < -0.39 is 5.97 Å². The van der Waals surface area contributed by atoms with Crippen molar-refractivity contribution in [2.75, 3.05) is 13.2 Å². The molecule has 0 unspecified atom stereocenters. The summed E-state index contributed by atoms with van der Waals surface area (Å²) in [7, 11) is 0. The molecule has 0 atom stereocenters. The summed E-state index contributed by atoms with van der Waals surface area (Å²) in [6.07, 6.45) is 0. The van der Waals surface area contributed by atoms with Crippen LogP contribution in [0.4, 0.5) is 0 Å². The van der Waals surface area contributed by atoms with Crippen LogP contribution in [-0.2, 0) is 11.3 Å². The number of ether oxygens (including phenoxy) is 2. The molecule has 0 aliphatic heterocycles. The summed E-state index contributed by atoms with van der Waals surface area (Å²) in [5.74, 6) is -0.794. The standard InChI is InChI=1S/C18H18BrNO5/c1-2-24-15-8-13(18(22)23)14(19)9-16(15)25-11-17(21)20-10-12-6-4-3-5-7-12/h3-9H,2,10-11H2,1H3,(H,20,21)(H,22,23). The number of carbonyl (C=O) groups excluding carboxylic acids is 1. The lowest BCUT2D eigenvalue weighted by Gasteiger charge is -2.14. The molecule has 0 aromatic heterocycles.